The van der Waals surface area contributed by atoms with E-state index in [2.05, 4.69) is 15.9 Å². The predicted octanol–water partition coefficient (Wildman–Crippen LogP) is 2.76. The zero-order valence-corrected chi connectivity index (χ0v) is 13.5. The summed E-state index contributed by atoms with van der Waals surface area (Å²) in [6.07, 6.45) is 0.962. The molecule has 0 bridgehead atoms. The quantitative estimate of drug-likeness (QED) is 0.899. The van der Waals surface area contributed by atoms with E-state index >= 15 is 0 Å². The SMILES string of the molecule is CC1SCC(C(=O)O)N1C(=O)CCc1cccc(Br)c1. The minimum Gasteiger partial charge on any atom is -0.480 e. The number of carboxylic acids is 1. The molecule has 0 radical (unpaired) electrons. The first-order chi connectivity index (χ1) is 9.49. The fourth-order valence-electron chi connectivity index (χ4n) is 2.28. The predicted molar refractivity (Wildman–Crippen MR) is 82.7 cm³/mol. The number of carboxylic acid groups (broad SMARTS) is 1. The summed E-state index contributed by atoms with van der Waals surface area (Å²) in [5.74, 6) is -0.536. The van der Waals surface area contributed by atoms with E-state index in [1.807, 2.05) is 31.2 Å². The number of carbonyl (C=O) groups is 2. The normalized spacial score (nSPS) is 22.0. The van der Waals surface area contributed by atoms with Crippen molar-refractivity contribution in [2.24, 2.45) is 0 Å². The van der Waals surface area contributed by atoms with Crippen LogP contribution in [-0.4, -0.2) is 39.1 Å². The lowest BCUT2D eigenvalue weighted by atomic mass is 10.1. The number of nitrogens with zero attached hydrogens (tertiary/aromatic N) is 1. The molecule has 1 aliphatic heterocycles. The summed E-state index contributed by atoms with van der Waals surface area (Å²) in [6, 6.07) is 7.12. The third-order valence-corrected chi connectivity index (χ3v) is 5.02. The van der Waals surface area contributed by atoms with Crippen molar-refractivity contribution in [1.29, 1.82) is 0 Å². The number of halogens is 1. The summed E-state index contributed by atoms with van der Waals surface area (Å²) in [5.41, 5.74) is 1.07. The average molecular weight is 358 g/mol. The molecule has 1 aromatic rings. The van der Waals surface area contributed by atoms with Crippen LogP contribution in [-0.2, 0) is 16.0 Å². The number of carbonyl (C=O) groups excluding carboxylic acids is 1. The van der Waals surface area contributed by atoms with Gasteiger partial charge in [-0.3, -0.25) is 4.79 Å². The Morgan fingerprint density at radius 3 is 2.90 bits per heavy atom. The highest BCUT2D eigenvalue weighted by atomic mass is 79.9. The molecule has 1 aliphatic rings. The van der Waals surface area contributed by atoms with Gasteiger partial charge in [-0.05, 0) is 31.0 Å². The molecule has 6 heteroatoms. The zero-order valence-electron chi connectivity index (χ0n) is 11.1. The van der Waals surface area contributed by atoms with Gasteiger partial charge in [0.05, 0.1) is 5.37 Å². The molecular weight excluding hydrogens is 342 g/mol. The van der Waals surface area contributed by atoms with Gasteiger partial charge in [0.1, 0.15) is 6.04 Å². The second kappa shape index (κ2) is 6.63. The Labute approximate surface area is 130 Å². The van der Waals surface area contributed by atoms with E-state index in [0.29, 0.717) is 18.6 Å². The van der Waals surface area contributed by atoms with Crippen molar-refractivity contribution in [3.8, 4) is 0 Å². The minimum absolute atomic E-state index is 0.0638. The second-order valence-electron chi connectivity index (χ2n) is 4.72. The van der Waals surface area contributed by atoms with Crippen LogP contribution in [0.15, 0.2) is 28.7 Å². The number of benzene rings is 1. The van der Waals surface area contributed by atoms with Gasteiger partial charge in [-0.25, -0.2) is 4.79 Å². The maximum absolute atomic E-state index is 12.3. The van der Waals surface area contributed by atoms with Crippen LogP contribution >= 0.6 is 27.7 Å². The smallest absolute Gasteiger partial charge is 0.327 e. The van der Waals surface area contributed by atoms with Crippen LogP contribution in [0.1, 0.15) is 18.9 Å². The third-order valence-electron chi connectivity index (χ3n) is 3.31. The van der Waals surface area contributed by atoms with Gasteiger partial charge < -0.3 is 10.0 Å². The van der Waals surface area contributed by atoms with Gasteiger partial charge in [-0.15, -0.1) is 11.8 Å². The first-order valence-corrected chi connectivity index (χ1v) is 8.23. The number of amides is 1. The van der Waals surface area contributed by atoms with Gasteiger partial charge in [0.2, 0.25) is 5.91 Å². The Kier molecular flexibility index (Phi) is 5.10. The van der Waals surface area contributed by atoms with E-state index in [0.717, 1.165) is 10.0 Å². The van der Waals surface area contributed by atoms with Crippen LogP contribution in [0.25, 0.3) is 0 Å². The number of aryl methyl sites for hydroxylation is 1. The highest BCUT2D eigenvalue weighted by Crippen LogP contribution is 2.29. The topological polar surface area (TPSA) is 57.6 Å². The van der Waals surface area contributed by atoms with Crippen molar-refractivity contribution in [3.63, 3.8) is 0 Å². The summed E-state index contributed by atoms with van der Waals surface area (Å²) in [4.78, 5) is 24.9. The molecule has 0 aromatic heterocycles. The Bertz CT molecular complexity index is 523. The molecule has 0 aliphatic carbocycles. The van der Waals surface area contributed by atoms with Gasteiger partial charge in [0.15, 0.2) is 0 Å². The van der Waals surface area contributed by atoms with Crippen LogP contribution in [0.2, 0.25) is 0 Å². The number of thioether (sulfide) groups is 1. The van der Waals surface area contributed by atoms with Crippen LogP contribution < -0.4 is 0 Å². The third kappa shape index (κ3) is 3.55. The lowest BCUT2D eigenvalue weighted by Gasteiger charge is -2.25. The maximum atomic E-state index is 12.3. The van der Waals surface area contributed by atoms with E-state index < -0.39 is 12.0 Å². The van der Waals surface area contributed by atoms with Gasteiger partial charge >= 0.3 is 5.97 Å². The second-order valence-corrected chi connectivity index (χ2v) is 6.98. The summed E-state index contributed by atoms with van der Waals surface area (Å²) < 4.78 is 0.982. The van der Waals surface area contributed by atoms with Gasteiger partial charge in [-0.2, -0.15) is 0 Å². The molecule has 2 unspecified atom stereocenters. The number of hydrogen-bond acceptors (Lipinski definition) is 3. The van der Waals surface area contributed by atoms with E-state index in [9.17, 15) is 9.59 Å². The Balaban J connectivity index is 1.99. The molecular formula is C14H16BrNO3S. The highest BCUT2D eigenvalue weighted by Gasteiger charge is 2.38. The standard InChI is InChI=1S/C14H16BrNO3S/c1-9-16(12(8-20-9)14(18)19)13(17)6-5-10-3-2-4-11(15)7-10/h2-4,7,9,12H,5-6,8H2,1H3,(H,18,19). The van der Waals surface area contributed by atoms with E-state index in [1.165, 1.54) is 16.7 Å². The van der Waals surface area contributed by atoms with Gasteiger partial charge in [0.25, 0.3) is 0 Å². The van der Waals surface area contributed by atoms with Crippen molar-refractivity contribution >= 4 is 39.6 Å². The van der Waals surface area contributed by atoms with Gasteiger partial charge in [-0.1, -0.05) is 28.1 Å². The molecule has 2 atom stereocenters. The van der Waals surface area contributed by atoms with E-state index in [-0.39, 0.29) is 11.3 Å². The molecule has 20 heavy (non-hydrogen) atoms. The van der Waals surface area contributed by atoms with Gasteiger partial charge in [0, 0.05) is 16.6 Å². The van der Waals surface area contributed by atoms with Crippen molar-refractivity contribution in [2.45, 2.75) is 31.2 Å². The largest absolute Gasteiger partial charge is 0.480 e. The number of rotatable bonds is 4. The molecule has 1 fully saturated rings. The van der Waals surface area contributed by atoms with Crippen molar-refractivity contribution in [3.05, 3.63) is 34.3 Å². The molecule has 108 valence electrons. The van der Waals surface area contributed by atoms with Crippen molar-refractivity contribution < 1.29 is 14.7 Å². The highest BCUT2D eigenvalue weighted by molar-refractivity contribution is 9.10. The van der Waals surface area contributed by atoms with Crippen molar-refractivity contribution in [1.82, 2.24) is 4.90 Å². The monoisotopic (exact) mass is 357 g/mol. The van der Waals surface area contributed by atoms with E-state index in [1.54, 1.807) is 0 Å². The lowest BCUT2D eigenvalue weighted by Crippen LogP contribution is -2.44. The zero-order chi connectivity index (χ0) is 14.7. The Morgan fingerprint density at radius 1 is 1.50 bits per heavy atom. The van der Waals surface area contributed by atoms with Crippen molar-refractivity contribution in [2.75, 3.05) is 5.75 Å². The number of aliphatic carboxylic acids is 1. The summed E-state index contributed by atoms with van der Waals surface area (Å²) in [6.45, 7) is 1.88. The maximum Gasteiger partial charge on any atom is 0.327 e. The summed E-state index contributed by atoms with van der Waals surface area (Å²) >= 11 is 4.91. The fourth-order valence-corrected chi connectivity index (χ4v) is 3.92. The molecule has 0 saturated carbocycles. The molecule has 1 aromatic carbocycles. The first kappa shape index (κ1) is 15.4. The average Bonchev–Trinajstić information content (AvgIpc) is 2.78. The molecule has 0 spiro atoms. The minimum atomic E-state index is -0.919. The molecule has 1 heterocycles. The van der Waals surface area contributed by atoms with Crippen LogP contribution in [0, 0.1) is 0 Å². The Morgan fingerprint density at radius 2 is 2.25 bits per heavy atom. The lowest BCUT2D eigenvalue weighted by molar-refractivity contribution is -0.148. The molecule has 1 saturated heterocycles. The molecule has 2 rings (SSSR count). The van der Waals surface area contributed by atoms with Crippen LogP contribution in [0.3, 0.4) is 0 Å². The molecule has 1 amide bonds. The van der Waals surface area contributed by atoms with E-state index in [4.69, 9.17) is 5.11 Å². The molecule has 1 N–H and O–H groups in total. The first-order valence-electron chi connectivity index (χ1n) is 6.39. The molecule has 4 nitrogen and oxygen atoms in total. The number of hydrogen-bond donors (Lipinski definition) is 1. The summed E-state index contributed by atoms with van der Waals surface area (Å²) in [7, 11) is 0. The van der Waals surface area contributed by atoms with Crippen LogP contribution in [0.4, 0.5) is 0 Å². The van der Waals surface area contributed by atoms with Crippen LogP contribution in [0.5, 0.6) is 0 Å². The Hall–Kier alpha value is -1.01. The fraction of sp³-hybridized carbons (Fsp3) is 0.429. The summed E-state index contributed by atoms with van der Waals surface area (Å²) in [5, 5.41) is 9.09.